The van der Waals surface area contributed by atoms with Gasteiger partial charge in [-0.15, -0.1) is 0 Å². The van der Waals surface area contributed by atoms with Crippen molar-refractivity contribution in [3.63, 3.8) is 0 Å². The molecule has 0 bridgehead atoms. The van der Waals surface area contributed by atoms with Gasteiger partial charge in [0.25, 0.3) is 5.91 Å². The molecule has 1 saturated heterocycles. The smallest absolute Gasteiger partial charge is 0.336 e. The zero-order valence-corrected chi connectivity index (χ0v) is 12.2. The number of primary amides is 1. The molecule has 1 aliphatic rings. The fraction of sp³-hybridized carbons (Fsp3) is 0.400. The summed E-state index contributed by atoms with van der Waals surface area (Å²) in [5, 5.41) is 2.59. The molecule has 7 heteroatoms. The van der Waals surface area contributed by atoms with Gasteiger partial charge in [0.15, 0.2) is 12.2 Å². The van der Waals surface area contributed by atoms with E-state index in [0.29, 0.717) is 24.3 Å². The molecule has 2 atom stereocenters. The molecule has 0 aromatic heterocycles. The molecule has 2 rings (SSSR count). The predicted octanol–water partition coefficient (Wildman–Crippen LogP) is 0.835. The summed E-state index contributed by atoms with van der Waals surface area (Å²) in [6, 6.07) is 6.10. The zero-order chi connectivity index (χ0) is 16.1. The largest absolute Gasteiger partial charge is 0.451 e. The number of carbonyl (C=O) groups is 3. The number of rotatable bonds is 5. The van der Waals surface area contributed by atoms with E-state index in [2.05, 4.69) is 5.32 Å². The van der Waals surface area contributed by atoms with E-state index < -0.39 is 30.0 Å². The Labute approximate surface area is 127 Å². The Morgan fingerprint density at radius 1 is 1.32 bits per heavy atom. The lowest BCUT2D eigenvalue weighted by atomic mass is 10.2. The third-order valence-electron chi connectivity index (χ3n) is 3.29. The van der Waals surface area contributed by atoms with Gasteiger partial charge < -0.3 is 20.5 Å². The van der Waals surface area contributed by atoms with Crippen LogP contribution < -0.4 is 11.1 Å². The van der Waals surface area contributed by atoms with Crippen LogP contribution in [0.15, 0.2) is 24.3 Å². The van der Waals surface area contributed by atoms with E-state index in [1.807, 2.05) is 0 Å². The molecule has 118 valence electrons. The minimum Gasteiger partial charge on any atom is -0.451 e. The highest BCUT2D eigenvalue weighted by Gasteiger charge is 2.28. The number of benzene rings is 1. The molecular formula is C15H18N2O5. The summed E-state index contributed by atoms with van der Waals surface area (Å²) >= 11 is 0. The van der Waals surface area contributed by atoms with Crippen LogP contribution in [0.2, 0.25) is 0 Å². The average molecular weight is 306 g/mol. The Bertz CT molecular complexity index is 564. The van der Waals surface area contributed by atoms with Gasteiger partial charge in [0.05, 0.1) is 0 Å². The first-order valence-corrected chi connectivity index (χ1v) is 7.00. The molecule has 22 heavy (non-hydrogen) atoms. The van der Waals surface area contributed by atoms with Crippen molar-refractivity contribution in [3.05, 3.63) is 29.8 Å². The van der Waals surface area contributed by atoms with Crippen LogP contribution in [0.4, 0.5) is 5.69 Å². The standard InChI is InChI=1S/C15H18N2O5/c1-9(22-15(20)12-3-2-8-21-12)14(19)17-11-6-4-10(5-7-11)13(16)18/h4-7,9,12H,2-3,8H2,1H3,(H2,16,18)(H,17,19)/t9-,12+/m1/s1. The third-order valence-corrected chi connectivity index (χ3v) is 3.29. The Balaban J connectivity index is 1.87. The highest BCUT2D eigenvalue weighted by atomic mass is 16.6. The lowest BCUT2D eigenvalue weighted by molar-refractivity contribution is -0.162. The summed E-state index contributed by atoms with van der Waals surface area (Å²) in [6.07, 6.45) is -0.0912. The number of esters is 1. The number of nitrogens with one attached hydrogen (secondary N) is 1. The normalized spacial score (nSPS) is 18.5. The molecule has 1 fully saturated rings. The predicted molar refractivity (Wildman–Crippen MR) is 78.1 cm³/mol. The number of hydrogen-bond acceptors (Lipinski definition) is 5. The molecule has 0 radical (unpaired) electrons. The van der Waals surface area contributed by atoms with Gasteiger partial charge in [-0.1, -0.05) is 0 Å². The van der Waals surface area contributed by atoms with Gasteiger partial charge in [-0.05, 0) is 44.0 Å². The second kappa shape index (κ2) is 7.04. The molecule has 0 saturated carbocycles. The number of ether oxygens (including phenoxy) is 2. The molecule has 0 unspecified atom stereocenters. The molecule has 0 aliphatic carbocycles. The van der Waals surface area contributed by atoms with Crippen molar-refractivity contribution in [2.75, 3.05) is 11.9 Å². The molecular weight excluding hydrogens is 288 g/mol. The molecule has 2 amide bonds. The van der Waals surface area contributed by atoms with E-state index in [1.54, 1.807) is 12.1 Å². The van der Waals surface area contributed by atoms with Gasteiger partial charge >= 0.3 is 5.97 Å². The summed E-state index contributed by atoms with van der Waals surface area (Å²) < 4.78 is 10.3. The molecule has 1 aliphatic heterocycles. The van der Waals surface area contributed by atoms with Crippen LogP contribution in [0, 0.1) is 0 Å². The minimum atomic E-state index is -0.937. The molecule has 7 nitrogen and oxygen atoms in total. The number of nitrogens with two attached hydrogens (primary N) is 1. The van der Waals surface area contributed by atoms with Crippen LogP contribution in [0.3, 0.4) is 0 Å². The first-order valence-electron chi connectivity index (χ1n) is 7.00. The average Bonchev–Trinajstić information content (AvgIpc) is 3.02. The van der Waals surface area contributed by atoms with Crippen molar-refractivity contribution in [1.82, 2.24) is 0 Å². The summed E-state index contributed by atoms with van der Waals surface area (Å²) in [5.74, 6) is -1.53. The van der Waals surface area contributed by atoms with E-state index in [4.69, 9.17) is 15.2 Å². The molecule has 1 aromatic rings. The summed E-state index contributed by atoms with van der Waals surface area (Å²) in [7, 11) is 0. The number of anilines is 1. The van der Waals surface area contributed by atoms with Gasteiger partial charge in [-0.2, -0.15) is 0 Å². The maximum atomic E-state index is 12.0. The first-order chi connectivity index (χ1) is 10.5. The van der Waals surface area contributed by atoms with Crippen molar-refractivity contribution in [3.8, 4) is 0 Å². The lowest BCUT2D eigenvalue weighted by Crippen LogP contribution is -2.34. The van der Waals surface area contributed by atoms with E-state index in [9.17, 15) is 14.4 Å². The Morgan fingerprint density at radius 2 is 2.00 bits per heavy atom. The van der Waals surface area contributed by atoms with Crippen LogP contribution in [0.25, 0.3) is 0 Å². The van der Waals surface area contributed by atoms with Crippen molar-refractivity contribution in [2.24, 2.45) is 5.73 Å². The van der Waals surface area contributed by atoms with Crippen molar-refractivity contribution in [1.29, 1.82) is 0 Å². The second-order valence-electron chi connectivity index (χ2n) is 5.01. The third kappa shape index (κ3) is 4.05. The van der Waals surface area contributed by atoms with Gasteiger partial charge in [0, 0.05) is 17.9 Å². The monoisotopic (exact) mass is 306 g/mol. The molecule has 1 heterocycles. The maximum absolute atomic E-state index is 12.0. The van der Waals surface area contributed by atoms with Crippen LogP contribution in [-0.2, 0) is 19.1 Å². The lowest BCUT2D eigenvalue weighted by Gasteiger charge is -2.16. The Morgan fingerprint density at radius 3 is 2.55 bits per heavy atom. The highest BCUT2D eigenvalue weighted by Crippen LogP contribution is 2.15. The van der Waals surface area contributed by atoms with Gasteiger partial charge in [-0.25, -0.2) is 4.79 Å². The van der Waals surface area contributed by atoms with E-state index in [1.165, 1.54) is 19.1 Å². The second-order valence-corrected chi connectivity index (χ2v) is 5.01. The van der Waals surface area contributed by atoms with E-state index >= 15 is 0 Å². The summed E-state index contributed by atoms with van der Waals surface area (Å²) in [4.78, 5) is 34.7. The van der Waals surface area contributed by atoms with Crippen molar-refractivity contribution in [2.45, 2.75) is 32.0 Å². The van der Waals surface area contributed by atoms with Crippen molar-refractivity contribution < 1.29 is 23.9 Å². The van der Waals surface area contributed by atoms with Crippen LogP contribution in [-0.4, -0.2) is 36.6 Å². The first kappa shape index (κ1) is 16.0. The molecule has 1 aromatic carbocycles. The van der Waals surface area contributed by atoms with Crippen molar-refractivity contribution >= 4 is 23.5 Å². The molecule has 0 spiro atoms. The number of hydrogen-bond donors (Lipinski definition) is 2. The quantitative estimate of drug-likeness (QED) is 0.784. The van der Waals surface area contributed by atoms with Crippen LogP contribution in [0.1, 0.15) is 30.1 Å². The fourth-order valence-corrected chi connectivity index (χ4v) is 2.03. The SMILES string of the molecule is C[C@@H](OC(=O)[C@@H]1CCCO1)C(=O)Nc1ccc(C(N)=O)cc1. The summed E-state index contributed by atoms with van der Waals surface area (Å²) in [6.45, 7) is 2.02. The van der Waals surface area contributed by atoms with E-state index in [-0.39, 0.29) is 0 Å². The van der Waals surface area contributed by atoms with E-state index in [0.717, 1.165) is 6.42 Å². The molecule has 3 N–H and O–H groups in total. The van der Waals surface area contributed by atoms with Gasteiger partial charge in [0.1, 0.15) is 0 Å². The Kier molecular flexibility index (Phi) is 5.11. The summed E-state index contributed by atoms with van der Waals surface area (Å²) in [5.41, 5.74) is 5.96. The minimum absolute atomic E-state index is 0.343. The van der Waals surface area contributed by atoms with Gasteiger partial charge in [-0.3, -0.25) is 9.59 Å². The van der Waals surface area contributed by atoms with Crippen LogP contribution >= 0.6 is 0 Å². The zero-order valence-electron chi connectivity index (χ0n) is 12.2. The maximum Gasteiger partial charge on any atom is 0.336 e. The van der Waals surface area contributed by atoms with Gasteiger partial charge in [0.2, 0.25) is 5.91 Å². The highest BCUT2D eigenvalue weighted by molar-refractivity contribution is 5.96. The topological polar surface area (TPSA) is 108 Å². The fourth-order valence-electron chi connectivity index (χ4n) is 2.03. The Hall–Kier alpha value is -2.41. The number of amides is 2. The van der Waals surface area contributed by atoms with Crippen LogP contribution in [0.5, 0.6) is 0 Å². The number of carbonyl (C=O) groups excluding carboxylic acids is 3.